The minimum atomic E-state index is 0.480. The molecule has 1 aromatic heterocycles. The summed E-state index contributed by atoms with van der Waals surface area (Å²) in [6.07, 6.45) is 5.06. The fraction of sp³-hybridized carbons (Fsp3) is 0.400. The number of rotatable bonds is 7. The van der Waals surface area contributed by atoms with Crippen molar-refractivity contribution in [2.75, 3.05) is 14.2 Å². The van der Waals surface area contributed by atoms with Crippen LogP contribution in [-0.2, 0) is 12.8 Å². The summed E-state index contributed by atoms with van der Waals surface area (Å²) in [6.45, 7) is 0. The Bertz CT molecular complexity index is 467. The highest BCUT2D eigenvalue weighted by atomic mass is 32.1. The van der Waals surface area contributed by atoms with Crippen LogP contribution in [0.5, 0.6) is 5.75 Å². The van der Waals surface area contributed by atoms with Crippen molar-refractivity contribution in [3.63, 3.8) is 0 Å². The van der Waals surface area contributed by atoms with Gasteiger partial charge in [-0.1, -0.05) is 12.1 Å². The van der Waals surface area contributed by atoms with Crippen LogP contribution in [0.25, 0.3) is 0 Å². The van der Waals surface area contributed by atoms with Gasteiger partial charge in [-0.25, -0.2) is 4.98 Å². The summed E-state index contributed by atoms with van der Waals surface area (Å²) < 4.78 is 5.17. The summed E-state index contributed by atoms with van der Waals surface area (Å²) in [5.41, 5.74) is 1.35. The molecule has 0 aliphatic carbocycles. The Kier molecular flexibility index (Phi) is 5.36. The zero-order valence-electron chi connectivity index (χ0n) is 11.4. The summed E-state index contributed by atoms with van der Waals surface area (Å²) in [7, 11) is 3.71. The normalized spacial score (nSPS) is 12.3. The van der Waals surface area contributed by atoms with Gasteiger partial charge in [0.2, 0.25) is 0 Å². The number of methoxy groups -OCH3 is 1. The third kappa shape index (κ3) is 4.33. The second-order valence-electron chi connectivity index (χ2n) is 4.50. The highest BCUT2D eigenvalue weighted by Crippen LogP contribution is 2.15. The molecular formula is C15H20N2OS. The standard InChI is InChI=1S/C15H20N2OS/c1-16-13(11-15-17-9-10-19-15)6-3-12-4-7-14(18-2)8-5-12/h4-5,7-10,13,16H,3,6,11H2,1-2H3. The molecule has 2 rings (SSSR count). The third-order valence-electron chi connectivity index (χ3n) is 3.25. The lowest BCUT2D eigenvalue weighted by Crippen LogP contribution is -2.28. The number of likely N-dealkylation sites (N-methyl/N-ethyl adjacent to an activating group) is 1. The van der Waals surface area contributed by atoms with Crippen molar-refractivity contribution >= 4 is 11.3 Å². The van der Waals surface area contributed by atoms with Gasteiger partial charge < -0.3 is 10.1 Å². The molecule has 0 bridgehead atoms. The summed E-state index contributed by atoms with van der Waals surface area (Å²) in [6, 6.07) is 8.78. The van der Waals surface area contributed by atoms with Gasteiger partial charge in [0.15, 0.2) is 0 Å². The van der Waals surface area contributed by atoms with E-state index in [9.17, 15) is 0 Å². The lowest BCUT2D eigenvalue weighted by Gasteiger charge is -2.14. The molecule has 1 unspecified atom stereocenters. The van der Waals surface area contributed by atoms with Gasteiger partial charge in [-0.05, 0) is 37.6 Å². The molecule has 19 heavy (non-hydrogen) atoms. The summed E-state index contributed by atoms with van der Waals surface area (Å²) >= 11 is 1.73. The van der Waals surface area contributed by atoms with Crippen LogP contribution in [0.15, 0.2) is 35.8 Å². The first kappa shape index (κ1) is 14.0. The predicted octanol–water partition coefficient (Wildman–Crippen LogP) is 2.92. The molecule has 0 fully saturated rings. The van der Waals surface area contributed by atoms with E-state index in [-0.39, 0.29) is 0 Å². The molecule has 1 N–H and O–H groups in total. The van der Waals surface area contributed by atoms with Gasteiger partial charge in [-0.15, -0.1) is 11.3 Å². The lowest BCUT2D eigenvalue weighted by atomic mass is 10.0. The van der Waals surface area contributed by atoms with E-state index in [0.717, 1.165) is 25.0 Å². The van der Waals surface area contributed by atoms with Crippen LogP contribution in [0.2, 0.25) is 0 Å². The van der Waals surface area contributed by atoms with Gasteiger partial charge in [0.05, 0.1) is 12.1 Å². The van der Waals surface area contributed by atoms with Gasteiger partial charge in [-0.3, -0.25) is 0 Å². The molecule has 0 amide bonds. The number of nitrogens with zero attached hydrogens (tertiary/aromatic N) is 1. The second kappa shape index (κ2) is 7.26. The second-order valence-corrected chi connectivity index (χ2v) is 5.48. The molecule has 1 atom stereocenters. The van der Waals surface area contributed by atoms with Crippen LogP contribution >= 0.6 is 11.3 Å². The molecule has 0 saturated heterocycles. The van der Waals surface area contributed by atoms with Gasteiger partial charge in [0.25, 0.3) is 0 Å². The minimum absolute atomic E-state index is 0.480. The number of hydrogen-bond donors (Lipinski definition) is 1. The van der Waals surface area contributed by atoms with Crippen LogP contribution in [0, 0.1) is 0 Å². The first-order valence-corrected chi connectivity index (χ1v) is 7.38. The Labute approximate surface area is 118 Å². The minimum Gasteiger partial charge on any atom is -0.497 e. The topological polar surface area (TPSA) is 34.1 Å². The average Bonchev–Trinajstić information content (AvgIpc) is 2.97. The number of aryl methyl sites for hydroxylation is 1. The highest BCUT2D eigenvalue weighted by Gasteiger charge is 2.09. The molecule has 0 spiro atoms. The number of nitrogens with one attached hydrogen (secondary N) is 1. The molecule has 0 radical (unpaired) electrons. The van der Waals surface area contributed by atoms with Gasteiger partial charge in [0, 0.05) is 24.0 Å². The number of benzene rings is 1. The van der Waals surface area contributed by atoms with Crippen LogP contribution < -0.4 is 10.1 Å². The van der Waals surface area contributed by atoms with Crippen LogP contribution in [-0.4, -0.2) is 25.2 Å². The van der Waals surface area contributed by atoms with Gasteiger partial charge in [-0.2, -0.15) is 0 Å². The Balaban J connectivity index is 1.84. The fourth-order valence-corrected chi connectivity index (χ4v) is 2.74. The van der Waals surface area contributed by atoms with Crippen molar-refractivity contribution in [3.05, 3.63) is 46.4 Å². The number of ether oxygens (including phenoxy) is 1. The predicted molar refractivity (Wildman–Crippen MR) is 80.0 cm³/mol. The third-order valence-corrected chi connectivity index (χ3v) is 4.06. The van der Waals surface area contributed by atoms with Gasteiger partial charge in [0.1, 0.15) is 5.75 Å². The average molecular weight is 276 g/mol. The van der Waals surface area contributed by atoms with E-state index in [1.54, 1.807) is 18.4 Å². The Morgan fingerprint density at radius 3 is 2.68 bits per heavy atom. The summed E-state index contributed by atoms with van der Waals surface area (Å²) in [5, 5.41) is 6.61. The molecule has 102 valence electrons. The molecule has 0 aliphatic rings. The van der Waals surface area contributed by atoms with E-state index in [2.05, 4.69) is 22.4 Å². The molecule has 1 heterocycles. The van der Waals surface area contributed by atoms with E-state index >= 15 is 0 Å². The summed E-state index contributed by atoms with van der Waals surface area (Å²) in [5.74, 6) is 0.914. The molecule has 3 nitrogen and oxygen atoms in total. The number of hydrogen-bond acceptors (Lipinski definition) is 4. The van der Waals surface area contributed by atoms with Crippen LogP contribution in [0.3, 0.4) is 0 Å². The quantitative estimate of drug-likeness (QED) is 0.844. The van der Waals surface area contributed by atoms with E-state index in [1.165, 1.54) is 10.6 Å². The van der Waals surface area contributed by atoms with E-state index < -0.39 is 0 Å². The Morgan fingerprint density at radius 1 is 1.32 bits per heavy atom. The van der Waals surface area contributed by atoms with E-state index in [0.29, 0.717) is 6.04 Å². The van der Waals surface area contributed by atoms with Crippen molar-refractivity contribution in [1.29, 1.82) is 0 Å². The Hall–Kier alpha value is -1.39. The van der Waals surface area contributed by atoms with Crippen molar-refractivity contribution in [3.8, 4) is 5.75 Å². The van der Waals surface area contributed by atoms with Crippen LogP contribution in [0.1, 0.15) is 17.0 Å². The van der Waals surface area contributed by atoms with Crippen LogP contribution in [0.4, 0.5) is 0 Å². The molecule has 0 saturated carbocycles. The van der Waals surface area contributed by atoms with Gasteiger partial charge >= 0.3 is 0 Å². The monoisotopic (exact) mass is 276 g/mol. The molecule has 2 aromatic rings. The smallest absolute Gasteiger partial charge is 0.118 e. The maximum Gasteiger partial charge on any atom is 0.118 e. The molecule has 4 heteroatoms. The first-order chi connectivity index (χ1) is 9.31. The number of thiazole rings is 1. The number of aromatic nitrogens is 1. The maximum absolute atomic E-state index is 5.17. The zero-order valence-corrected chi connectivity index (χ0v) is 12.2. The van der Waals surface area contributed by atoms with Crippen molar-refractivity contribution in [2.45, 2.75) is 25.3 Å². The Morgan fingerprint density at radius 2 is 2.11 bits per heavy atom. The SMILES string of the molecule is CNC(CCc1ccc(OC)cc1)Cc1nccs1. The zero-order chi connectivity index (χ0) is 13.5. The van der Waals surface area contributed by atoms with Crippen molar-refractivity contribution in [2.24, 2.45) is 0 Å². The maximum atomic E-state index is 5.17. The van der Waals surface area contributed by atoms with Crippen molar-refractivity contribution in [1.82, 2.24) is 10.3 Å². The molecule has 0 aliphatic heterocycles. The first-order valence-electron chi connectivity index (χ1n) is 6.50. The fourth-order valence-electron chi connectivity index (χ4n) is 2.05. The highest BCUT2D eigenvalue weighted by molar-refractivity contribution is 7.09. The largest absolute Gasteiger partial charge is 0.497 e. The van der Waals surface area contributed by atoms with Crippen molar-refractivity contribution < 1.29 is 4.74 Å². The summed E-state index contributed by atoms with van der Waals surface area (Å²) in [4.78, 5) is 4.34. The molecular weight excluding hydrogens is 256 g/mol. The molecule has 1 aromatic carbocycles. The van der Waals surface area contributed by atoms with E-state index in [4.69, 9.17) is 4.74 Å². The lowest BCUT2D eigenvalue weighted by molar-refractivity contribution is 0.414. The van der Waals surface area contributed by atoms with E-state index in [1.807, 2.05) is 30.8 Å².